The Kier molecular flexibility index (Phi) is 4.03. The molecule has 4 rings (SSSR count). The van der Waals surface area contributed by atoms with Gasteiger partial charge in [0.25, 0.3) is 0 Å². The molecule has 0 bridgehead atoms. The molecule has 2 nitrogen and oxygen atoms in total. The molecule has 0 amide bonds. The summed E-state index contributed by atoms with van der Waals surface area (Å²) in [6.07, 6.45) is -2.95. The second kappa shape index (κ2) is 6.09. The summed E-state index contributed by atoms with van der Waals surface area (Å²) in [5, 5.41) is 0.763. The highest BCUT2D eigenvalue weighted by Gasteiger charge is 2.63. The highest BCUT2D eigenvalue weighted by molar-refractivity contribution is 5.89. The molecular weight excluding hydrogens is 375 g/mol. The van der Waals surface area contributed by atoms with Crippen molar-refractivity contribution in [3.8, 4) is 0 Å². The van der Waals surface area contributed by atoms with Gasteiger partial charge in [0, 0.05) is 48.3 Å². The van der Waals surface area contributed by atoms with Crippen LogP contribution in [0.5, 0.6) is 0 Å². The van der Waals surface area contributed by atoms with Gasteiger partial charge in [-0.2, -0.15) is 22.0 Å². The zero-order chi connectivity index (χ0) is 20.3. The maximum atomic E-state index is 14.9. The van der Waals surface area contributed by atoms with E-state index in [-0.39, 0.29) is 11.1 Å². The minimum absolute atomic E-state index is 0.0446. The number of aryl methyl sites for hydroxylation is 2. The first-order valence-corrected chi connectivity index (χ1v) is 8.65. The quantitative estimate of drug-likeness (QED) is 0.379. The molecule has 146 valence electrons. The van der Waals surface area contributed by atoms with Gasteiger partial charge in [0.15, 0.2) is 0 Å². The monoisotopic (exact) mass is 392 g/mol. The summed E-state index contributed by atoms with van der Waals surface area (Å²) < 4.78 is 73.5. The minimum Gasteiger partial charge on any atom is -0.350 e. The van der Waals surface area contributed by atoms with E-state index < -0.39 is 18.0 Å². The number of nitrogens with zero attached hydrogens (tertiary/aromatic N) is 2. The summed E-state index contributed by atoms with van der Waals surface area (Å²) >= 11 is 0. The molecule has 28 heavy (non-hydrogen) atoms. The number of hydrogen-bond donors (Lipinski definition) is 0. The molecular formula is C21H17F5N2. The molecule has 0 fully saturated rings. The fourth-order valence-electron chi connectivity index (χ4n) is 3.93. The third-order valence-corrected chi connectivity index (χ3v) is 5.22. The molecule has 2 aromatic carbocycles. The molecule has 0 aliphatic heterocycles. The summed E-state index contributed by atoms with van der Waals surface area (Å²) in [5.74, 6) is -7.11. The highest BCUT2D eigenvalue weighted by Crippen LogP contribution is 2.51. The molecule has 0 unspecified atom stereocenters. The molecule has 0 aliphatic carbocycles. The molecule has 4 aromatic rings. The Morgan fingerprint density at radius 3 is 1.46 bits per heavy atom. The Bertz CT molecular complexity index is 1090. The molecule has 7 heteroatoms. The molecule has 0 atom stereocenters. The van der Waals surface area contributed by atoms with Crippen LogP contribution in [0.4, 0.5) is 22.0 Å². The van der Waals surface area contributed by atoms with Crippen LogP contribution in [0.1, 0.15) is 17.0 Å². The summed E-state index contributed by atoms with van der Waals surface area (Å²) in [4.78, 5) is 0. The maximum absolute atomic E-state index is 14.9. The van der Waals surface area contributed by atoms with Crippen LogP contribution in [0.15, 0.2) is 60.9 Å². The van der Waals surface area contributed by atoms with E-state index in [4.69, 9.17) is 0 Å². The number of alkyl halides is 5. The van der Waals surface area contributed by atoms with Gasteiger partial charge in [0.2, 0.25) is 0 Å². The van der Waals surface area contributed by atoms with Gasteiger partial charge in [0.05, 0.1) is 5.92 Å². The van der Waals surface area contributed by atoms with Crippen LogP contribution < -0.4 is 0 Å². The summed E-state index contributed by atoms with van der Waals surface area (Å²) in [6.45, 7) is 0. The Balaban J connectivity index is 2.08. The van der Waals surface area contributed by atoms with Crippen LogP contribution in [-0.4, -0.2) is 21.2 Å². The summed E-state index contributed by atoms with van der Waals surface area (Å²) in [7, 11) is 3.27. The van der Waals surface area contributed by atoms with E-state index in [9.17, 15) is 22.0 Å². The maximum Gasteiger partial charge on any atom is 0.454 e. The Morgan fingerprint density at radius 2 is 1.07 bits per heavy atom. The zero-order valence-electron chi connectivity index (χ0n) is 15.1. The van der Waals surface area contributed by atoms with Gasteiger partial charge in [0.1, 0.15) is 0 Å². The molecule has 2 aromatic heterocycles. The van der Waals surface area contributed by atoms with E-state index in [0.717, 1.165) is 0 Å². The van der Waals surface area contributed by atoms with Crippen molar-refractivity contribution in [2.24, 2.45) is 14.1 Å². The van der Waals surface area contributed by atoms with Gasteiger partial charge in [-0.3, -0.25) is 0 Å². The van der Waals surface area contributed by atoms with Gasteiger partial charge in [-0.25, -0.2) is 0 Å². The fourth-order valence-corrected chi connectivity index (χ4v) is 3.93. The molecule has 2 heterocycles. The zero-order valence-corrected chi connectivity index (χ0v) is 15.1. The van der Waals surface area contributed by atoms with E-state index >= 15 is 0 Å². The number of benzene rings is 2. The molecule has 0 N–H and O–H groups in total. The van der Waals surface area contributed by atoms with E-state index in [0.29, 0.717) is 21.8 Å². The van der Waals surface area contributed by atoms with Gasteiger partial charge in [-0.1, -0.05) is 36.4 Å². The first-order valence-electron chi connectivity index (χ1n) is 8.65. The van der Waals surface area contributed by atoms with Crippen molar-refractivity contribution in [3.63, 3.8) is 0 Å². The second-order valence-electron chi connectivity index (χ2n) is 6.98. The van der Waals surface area contributed by atoms with Crippen molar-refractivity contribution in [2.75, 3.05) is 0 Å². The van der Waals surface area contributed by atoms with E-state index in [1.165, 1.54) is 12.4 Å². The highest BCUT2D eigenvalue weighted by atomic mass is 19.4. The normalized spacial score (nSPS) is 13.1. The average Bonchev–Trinajstić information content (AvgIpc) is 3.13. The van der Waals surface area contributed by atoms with Crippen LogP contribution in [0.2, 0.25) is 0 Å². The SMILES string of the molecule is Cn1cc(C(c2cn(C)c3ccccc23)C(F)(F)C(F)(F)F)c2ccccc21. The van der Waals surface area contributed by atoms with Gasteiger partial charge < -0.3 is 9.13 Å². The first kappa shape index (κ1) is 18.5. The molecule has 0 aliphatic rings. The molecule has 0 saturated carbocycles. The first-order chi connectivity index (χ1) is 13.1. The van der Waals surface area contributed by atoms with Crippen molar-refractivity contribution in [3.05, 3.63) is 72.1 Å². The third kappa shape index (κ3) is 2.60. The fraction of sp³-hybridized carbons (Fsp3) is 0.238. The van der Waals surface area contributed by atoms with Crippen molar-refractivity contribution < 1.29 is 22.0 Å². The van der Waals surface area contributed by atoms with Crippen LogP contribution >= 0.6 is 0 Å². The van der Waals surface area contributed by atoms with Gasteiger partial charge in [-0.05, 0) is 23.3 Å². The van der Waals surface area contributed by atoms with Gasteiger partial charge >= 0.3 is 12.1 Å². The Hall–Kier alpha value is -2.83. The lowest BCUT2D eigenvalue weighted by Gasteiger charge is -2.28. The Labute approximate surface area is 157 Å². The van der Waals surface area contributed by atoms with Gasteiger partial charge in [-0.15, -0.1) is 0 Å². The average molecular weight is 392 g/mol. The molecule has 0 saturated heterocycles. The lowest BCUT2D eigenvalue weighted by Crippen LogP contribution is -2.42. The van der Waals surface area contributed by atoms with Crippen molar-refractivity contribution in [1.29, 1.82) is 0 Å². The predicted molar refractivity (Wildman–Crippen MR) is 98.7 cm³/mol. The number of rotatable bonds is 3. The lowest BCUT2D eigenvalue weighted by atomic mass is 9.85. The number of halogens is 5. The number of fused-ring (bicyclic) bond motifs is 2. The summed E-state index contributed by atoms with van der Waals surface area (Å²) in [5.41, 5.74) is 1.11. The van der Waals surface area contributed by atoms with Crippen LogP contribution in [0.25, 0.3) is 21.8 Å². The number of hydrogen-bond acceptors (Lipinski definition) is 0. The Morgan fingerprint density at radius 1 is 0.679 bits per heavy atom. The van der Waals surface area contributed by atoms with Crippen molar-refractivity contribution in [2.45, 2.75) is 18.0 Å². The number of aromatic nitrogens is 2. The van der Waals surface area contributed by atoms with Crippen LogP contribution in [-0.2, 0) is 14.1 Å². The minimum atomic E-state index is -5.69. The van der Waals surface area contributed by atoms with Crippen molar-refractivity contribution in [1.82, 2.24) is 9.13 Å². The second-order valence-corrected chi connectivity index (χ2v) is 6.98. The topological polar surface area (TPSA) is 9.86 Å². The van der Waals surface area contributed by atoms with Crippen LogP contribution in [0.3, 0.4) is 0 Å². The van der Waals surface area contributed by atoms with Crippen LogP contribution in [0, 0.1) is 0 Å². The smallest absolute Gasteiger partial charge is 0.350 e. The van der Waals surface area contributed by atoms with E-state index in [1.807, 2.05) is 0 Å². The summed E-state index contributed by atoms with van der Waals surface area (Å²) in [6, 6.07) is 13.3. The predicted octanol–water partition coefficient (Wildman–Crippen LogP) is 6.00. The molecule has 0 radical (unpaired) electrons. The van der Waals surface area contributed by atoms with E-state index in [2.05, 4.69) is 0 Å². The molecule has 0 spiro atoms. The van der Waals surface area contributed by atoms with Crippen molar-refractivity contribution >= 4 is 21.8 Å². The number of para-hydroxylation sites is 2. The largest absolute Gasteiger partial charge is 0.454 e. The standard InChI is InChI=1S/C21H17F5N2/c1-27-11-15(13-7-3-5-9-17(13)27)19(20(22,23)21(24,25)26)16-12-28(2)18-10-6-4-8-14(16)18/h3-12,19H,1-2H3. The van der Waals surface area contributed by atoms with E-state index in [1.54, 1.807) is 71.8 Å². The lowest BCUT2D eigenvalue weighted by molar-refractivity contribution is -0.287. The third-order valence-electron chi connectivity index (χ3n) is 5.22.